The van der Waals surface area contributed by atoms with Gasteiger partial charge < -0.3 is 4.90 Å². The summed E-state index contributed by atoms with van der Waals surface area (Å²) in [7, 11) is 2.07. The Morgan fingerprint density at radius 2 is 1.79 bits per heavy atom. The second-order valence-corrected chi connectivity index (χ2v) is 6.48. The highest BCUT2D eigenvalue weighted by molar-refractivity contribution is 7.15. The van der Waals surface area contributed by atoms with Crippen molar-refractivity contribution in [2.24, 2.45) is 7.05 Å². The Morgan fingerprint density at radius 3 is 2.42 bits per heavy atom. The van der Waals surface area contributed by atoms with Gasteiger partial charge in [-0.05, 0) is 31.9 Å². The van der Waals surface area contributed by atoms with Gasteiger partial charge in [-0.25, -0.2) is 0 Å². The van der Waals surface area contributed by atoms with Crippen molar-refractivity contribution < 1.29 is 0 Å². The molecule has 19 heavy (non-hydrogen) atoms. The lowest BCUT2D eigenvalue weighted by Gasteiger charge is -2.20. The maximum Gasteiger partial charge on any atom is 0.227 e. The highest BCUT2D eigenvalue weighted by atomic mass is 32.1. The molecular formula is C14H20N4S. The first-order chi connectivity index (χ1) is 9.25. The molecule has 1 aliphatic heterocycles. The molecule has 0 aliphatic carbocycles. The van der Waals surface area contributed by atoms with Crippen molar-refractivity contribution in [2.45, 2.75) is 32.6 Å². The summed E-state index contributed by atoms with van der Waals surface area (Å²) in [6.07, 6.45) is 5.21. The molecule has 1 saturated heterocycles. The van der Waals surface area contributed by atoms with Gasteiger partial charge in [-0.2, -0.15) is 0 Å². The average Bonchev–Trinajstić information content (AvgIpc) is 2.87. The van der Waals surface area contributed by atoms with Crippen molar-refractivity contribution in [3.8, 4) is 10.7 Å². The minimum atomic E-state index is 0.984. The van der Waals surface area contributed by atoms with Crippen LogP contribution in [-0.4, -0.2) is 27.9 Å². The average molecular weight is 276 g/mol. The number of rotatable bonds is 2. The molecule has 0 amide bonds. The highest BCUT2D eigenvalue weighted by Gasteiger charge is 2.18. The van der Waals surface area contributed by atoms with Crippen LogP contribution >= 0.6 is 11.3 Å². The first-order valence-corrected chi connectivity index (χ1v) is 7.78. The third kappa shape index (κ3) is 2.52. The van der Waals surface area contributed by atoms with Crippen molar-refractivity contribution in [3.63, 3.8) is 0 Å². The topological polar surface area (TPSA) is 34.0 Å². The van der Waals surface area contributed by atoms with Crippen molar-refractivity contribution in [1.29, 1.82) is 0 Å². The molecule has 0 bridgehead atoms. The molecule has 4 nitrogen and oxygen atoms in total. The number of aromatic nitrogens is 3. The largest absolute Gasteiger partial charge is 0.341 e. The highest BCUT2D eigenvalue weighted by Crippen LogP contribution is 2.28. The number of nitrogens with zero attached hydrogens (tertiary/aromatic N) is 4. The molecule has 3 heterocycles. The Morgan fingerprint density at radius 1 is 1.05 bits per heavy atom. The van der Waals surface area contributed by atoms with Gasteiger partial charge >= 0.3 is 0 Å². The standard InChI is InChI=1S/C14H20N4S/c1-11-7-8-12(19-11)13-15-16-14(17(13)2)18-9-5-3-4-6-10-18/h7-8H,3-6,9-10H2,1-2H3. The van der Waals surface area contributed by atoms with E-state index in [9.17, 15) is 0 Å². The third-order valence-electron chi connectivity index (χ3n) is 3.70. The summed E-state index contributed by atoms with van der Waals surface area (Å²) >= 11 is 1.78. The molecule has 5 heteroatoms. The van der Waals surface area contributed by atoms with Crippen LogP contribution in [0, 0.1) is 6.92 Å². The summed E-state index contributed by atoms with van der Waals surface area (Å²) in [6.45, 7) is 4.34. The van der Waals surface area contributed by atoms with E-state index in [1.807, 2.05) is 0 Å². The van der Waals surface area contributed by atoms with Crippen LogP contribution in [0.25, 0.3) is 10.7 Å². The molecule has 102 valence electrons. The van der Waals surface area contributed by atoms with Gasteiger partial charge in [0.15, 0.2) is 5.82 Å². The molecule has 0 unspecified atom stereocenters. The van der Waals surface area contributed by atoms with Crippen LogP contribution < -0.4 is 4.90 Å². The molecule has 0 aromatic carbocycles. The maximum absolute atomic E-state index is 4.41. The Kier molecular flexibility index (Phi) is 3.55. The molecule has 2 aromatic rings. The fourth-order valence-corrected chi connectivity index (χ4v) is 3.52. The molecule has 2 aromatic heterocycles. The Labute approximate surface area is 118 Å². The van der Waals surface area contributed by atoms with Gasteiger partial charge in [0.2, 0.25) is 5.95 Å². The van der Waals surface area contributed by atoms with Gasteiger partial charge in [-0.1, -0.05) is 12.8 Å². The van der Waals surface area contributed by atoms with Crippen LogP contribution in [-0.2, 0) is 7.05 Å². The molecule has 0 N–H and O–H groups in total. The van der Waals surface area contributed by atoms with Gasteiger partial charge in [0.1, 0.15) is 0 Å². The second kappa shape index (κ2) is 5.33. The number of anilines is 1. The number of hydrogen-bond donors (Lipinski definition) is 0. The zero-order chi connectivity index (χ0) is 13.2. The van der Waals surface area contributed by atoms with Gasteiger partial charge in [0, 0.05) is 25.0 Å². The smallest absolute Gasteiger partial charge is 0.227 e. The minimum absolute atomic E-state index is 0.984. The van der Waals surface area contributed by atoms with E-state index < -0.39 is 0 Å². The third-order valence-corrected chi connectivity index (χ3v) is 4.70. The lowest BCUT2D eigenvalue weighted by atomic mass is 10.2. The number of thiophene rings is 1. The molecule has 1 fully saturated rings. The van der Waals surface area contributed by atoms with E-state index in [4.69, 9.17) is 0 Å². The summed E-state index contributed by atoms with van der Waals surface area (Å²) in [6, 6.07) is 4.27. The molecule has 0 spiro atoms. The van der Waals surface area contributed by atoms with E-state index in [0.717, 1.165) is 24.9 Å². The summed E-state index contributed by atoms with van der Waals surface area (Å²) in [5, 5.41) is 8.80. The molecular weight excluding hydrogens is 256 g/mol. The lowest BCUT2D eigenvalue weighted by molar-refractivity contribution is 0.726. The lowest BCUT2D eigenvalue weighted by Crippen LogP contribution is -2.26. The van der Waals surface area contributed by atoms with E-state index in [2.05, 4.69) is 45.8 Å². The van der Waals surface area contributed by atoms with E-state index >= 15 is 0 Å². The van der Waals surface area contributed by atoms with Gasteiger partial charge in [-0.15, -0.1) is 21.5 Å². The van der Waals surface area contributed by atoms with Gasteiger partial charge in [0.25, 0.3) is 0 Å². The van der Waals surface area contributed by atoms with Crippen molar-refractivity contribution in [3.05, 3.63) is 17.0 Å². The van der Waals surface area contributed by atoms with Crippen LogP contribution in [0.3, 0.4) is 0 Å². The first-order valence-electron chi connectivity index (χ1n) is 6.97. The van der Waals surface area contributed by atoms with Crippen LogP contribution in [0.15, 0.2) is 12.1 Å². The molecule has 0 saturated carbocycles. The van der Waals surface area contributed by atoms with Crippen LogP contribution in [0.4, 0.5) is 5.95 Å². The Bertz CT molecular complexity index is 550. The molecule has 3 rings (SSSR count). The van der Waals surface area contributed by atoms with E-state index in [1.165, 1.54) is 35.4 Å². The molecule has 1 aliphatic rings. The van der Waals surface area contributed by atoms with E-state index in [-0.39, 0.29) is 0 Å². The van der Waals surface area contributed by atoms with E-state index in [0.29, 0.717) is 0 Å². The zero-order valence-electron chi connectivity index (χ0n) is 11.6. The number of hydrogen-bond acceptors (Lipinski definition) is 4. The Balaban J connectivity index is 1.89. The molecule has 0 atom stereocenters. The van der Waals surface area contributed by atoms with Gasteiger partial charge in [0.05, 0.1) is 4.88 Å². The van der Waals surface area contributed by atoms with Crippen LogP contribution in [0.1, 0.15) is 30.6 Å². The predicted octanol–water partition coefficient (Wildman–Crippen LogP) is 3.23. The van der Waals surface area contributed by atoms with Crippen LogP contribution in [0.5, 0.6) is 0 Å². The predicted molar refractivity (Wildman–Crippen MR) is 79.7 cm³/mol. The quantitative estimate of drug-likeness (QED) is 0.844. The summed E-state index contributed by atoms with van der Waals surface area (Å²) in [5.41, 5.74) is 0. The minimum Gasteiger partial charge on any atom is -0.341 e. The van der Waals surface area contributed by atoms with Crippen molar-refractivity contribution >= 4 is 17.3 Å². The van der Waals surface area contributed by atoms with E-state index in [1.54, 1.807) is 11.3 Å². The van der Waals surface area contributed by atoms with Crippen molar-refractivity contribution in [2.75, 3.05) is 18.0 Å². The van der Waals surface area contributed by atoms with Gasteiger partial charge in [-0.3, -0.25) is 4.57 Å². The molecule has 0 radical (unpaired) electrons. The normalized spacial score (nSPS) is 16.6. The summed E-state index contributed by atoms with van der Waals surface area (Å²) in [5.74, 6) is 2.00. The summed E-state index contributed by atoms with van der Waals surface area (Å²) < 4.78 is 2.14. The zero-order valence-corrected chi connectivity index (χ0v) is 12.4. The van der Waals surface area contributed by atoms with Crippen molar-refractivity contribution in [1.82, 2.24) is 14.8 Å². The monoisotopic (exact) mass is 276 g/mol. The number of aryl methyl sites for hydroxylation is 1. The fraction of sp³-hybridized carbons (Fsp3) is 0.571. The first kappa shape index (κ1) is 12.7. The second-order valence-electron chi connectivity index (χ2n) is 5.19. The van der Waals surface area contributed by atoms with Crippen LogP contribution in [0.2, 0.25) is 0 Å². The Hall–Kier alpha value is -1.36. The fourth-order valence-electron chi connectivity index (χ4n) is 2.64. The SMILES string of the molecule is Cc1ccc(-c2nnc(N3CCCCCC3)n2C)s1. The summed E-state index contributed by atoms with van der Waals surface area (Å²) in [4.78, 5) is 4.90. The maximum atomic E-state index is 4.41.